The second kappa shape index (κ2) is 6.12. The van der Waals surface area contributed by atoms with Gasteiger partial charge in [0.15, 0.2) is 0 Å². The molecule has 0 radical (unpaired) electrons. The molecule has 5 nitrogen and oxygen atoms in total. The van der Waals surface area contributed by atoms with Crippen molar-refractivity contribution < 1.29 is 17.9 Å². The summed E-state index contributed by atoms with van der Waals surface area (Å²) in [6, 6.07) is 5.23. The van der Waals surface area contributed by atoms with Crippen molar-refractivity contribution >= 4 is 47.6 Å². The smallest absolute Gasteiger partial charge is 0.265 e. The van der Waals surface area contributed by atoms with Crippen molar-refractivity contribution in [2.24, 2.45) is 0 Å². The lowest BCUT2D eigenvalue weighted by molar-refractivity contribution is 0.276. The van der Waals surface area contributed by atoms with E-state index in [2.05, 4.69) is 36.6 Å². The van der Waals surface area contributed by atoms with Crippen LogP contribution in [0.25, 0.3) is 0 Å². The molecule has 0 unspecified atom stereocenters. The van der Waals surface area contributed by atoms with E-state index >= 15 is 0 Å². The molecule has 0 amide bonds. The van der Waals surface area contributed by atoms with Crippen LogP contribution in [0, 0.1) is 13.8 Å². The molecule has 8 heteroatoms. The Kier molecular flexibility index (Phi) is 4.82. The van der Waals surface area contributed by atoms with Gasteiger partial charge in [0.1, 0.15) is 16.4 Å². The van der Waals surface area contributed by atoms with Crippen LogP contribution >= 0.6 is 31.9 Å². The zero-order valence-corrected chi connectivity index (χ0v) is 15.3. The first kappa shape index (κ1) is 16.5. The fourth-order valence-corrected chi connectivity index (χ4v) is 5.03. The largest absolute Gasteiger partial charge is 0.465 e. The van der Waals surface area contributed by atoms with Crippen LogP contribution in [0.4, 0.5) is 5.69 Å². The van der Waals surface area contributed by atoms with Crippen molar-refractivity contribution in [2.75, 3.05) is 4.72 Å². The monoisotopic (exact) mass is 437 g/mol. The quantitative estimate of drug-likeness (QED) is 0.762. The molecule has 0 spiro atoms. The molecule has 0 aliphatic rings. The molecule has 0 aliphatic heterocycles. The summed E-state index contributed by atoms with van der Waals surface area (Å²) in [5, 5.41) is 9.38. The third kappa shape index (κ3) is 3.18. The molecule has 114 valence electrons. The van der Waals surface area contributed by atoms with Crippen molar-refractivity contribution in [3.8, 4) is 0 Å². The summed E-state index contributed by atoms with van der Waals surface area (Å²) in [5.74, 6) is 0.633. The lowest BCUT2D eigenvalue weighted by Gasteiger charge is -2.12. The Labute approximate surface area is 139 Å². The number of sulfonamides is 1. The van der Waals surface area contributed by atoms with Gasteiger partial charge in [-0.25, -0.2) is 8.42 Å². The molecule has 2 N–H and O–H groups in total. The minimum atomic E-state index is -3.87. The molecule has 0 aliphatic carbocycles. The number of halogens is 2. The molecule has 1 aromatic heterocycles. The van der Waals surface area contributed by atoms with Crippen LogP contribution in [0.15, 0.2) is 36.5 Å². The molecule has 0 fully saturated rings. The number of hydrogen-bond acceptors (Lipinski definition) is 4. The minimum Gasteiger partial charge on any atom is -0.465 e. The highest BCUT2D eigenvalue weighted by Gasteiger charge is 2.27. The molecule has 2 aromatic rings. The number of furan rings is 1. The van der Waals surface area contributed by atoms with Gasteiger partial charge in [0.25, 0.3) is 10.0 Å². The standard InChI is InChI=1S/C13H13Br2NO4S/c1-7-9(6-17)13(8(2)20-7)21(18,19)16-12-10(14)4-3-5-11(12)15/h3-5,16-17H,6H2,1-2H3. The summed E-state index contributed by atoms with van der Waals surface area (Å²) in [6.07, 6.45) is 0. The zero-order chi connectivity index (χ0) is 15.8. The molecular weight excluding hydrogens is 426 g/mol. The number of rotatable bonds is 4. The van der Waals surface area contributed by atoms with Crippen LogP contribution in [0.5, 0.6) is 0 Å². The maximum Gasteiger partial charge on any atom is 0.265 e. The Bertz CT molecular complexity index is 763. The third-order valence-corrected chi connectivity index (χ3v) is 5.82. The van der Waals surface area contributed by atoms with Crippen LogP contribution < -0.4 is 4.72 Å². The first-order valence-corrected chi connectivity index (χ1v) is 9.01. The topological polar surface area (TPSA) is 79.5 Å². The van der Waals surface area contributed by atoms with E-state index in [-0.39, 0.29) is 16.2 Å². The third-order valence-electron chi connectivity index (χ3n) is 2.95. The maximum atomic E-state index is 12.6. The van der Waals surface area contributed by atoms with E-state index < -0.39 is 16.6 Å². The summed E-state index contributed by atoms with van der Waals surface area (Å²) >= 11 is 6.60. The normalized spacial score (nSPS) is 11.7. The highest BCUT2D eigenvalue weighted by atomic mass is 79.9. The highest BCUT2D eigenvalue weighted by Crippen LogP contribution is 2.34. The first-order chi connectivity index (χ1) is 9.77. The minimum absolute atomic E-state index is 0.0230. The molecule has 0 saturated carbocycles. The van der Waals surface area contributed by atoms with Crippen LogP contribution in [0.3, 0.4) is 0 Å². The Morgan fingerprint density at radius 2 is 1.76 bits per heavy atom. The number of nitrogens with one attached hydrogen (secondary N) is 1. The van der Waals surface area contributed by atoms with Gasteiger partial charge in [-0.1, -0.05) is 6.07 Å². The van der Waals surface area contributed by atoms with E-state index in [1.165, 1.54) is 0 Å². The second-order valence-corrected chi connectivity index (χ2v) is 7.71. The lowest BCUT2D eigenvalue weighted by atomic mass is 10.2. The van der Waals surface area contributed by atoms with Crippen LogP contribution in [-0.4, -0.2) is 13.5 Å². The van der Waals surface area contributed by atoms with Crippen molar-refractivity contribution in [2.45, 2.75) is 25.3 Å². The molecular formula is C13H13Br2NO4S. The van der Waals surface area contributed by atoms with Gasteiger partial charge in [-0.2, -0.15) is 0 Å². The molecule has 1 aromatic carbocycles. The van der Waals surface area contributed by atoms with E-state index in [4.69, 9.17) is 4.42 Å². The first-order valence-electron chi connectivity index (χ1n) is 5.94. The van der Waals surface area contributed by atoms with E-state index in [0.717, 1.165) is 0 Å². The average molecular weight is 439 g/mol. The predicted octanol–water partition coefficient (Wildman–Crippen LogP) is 3.71. The summed E-state index contributed by atoms with van der Waals surface area (Å²) in [7, 11) is -3.87. The van der Waals surface area contributed by atoms with Gasteiger partial charge in [0, 0.05) is 14.5 Å². The van der Waals surface area contributed by atoms with E-state index in [0.29, 0.717) is 20.4 Å². The number of aliphatic hydroxyl groups excluding tert-OH is 1. The Hall–Kier alpha value is -0.830. The van der Waals surface area contributed by atoms with Gasteiger partial charge in [-0.3, -0.25) is 4.72 Å². The molecule has 2 rings (SSSR count). The number of para-hydroxylation sites is 1. The van der Waals surface area contributed by atoms with Crippen molar-refractivity contribution in [1.29, 1.82) is 0 Å². The predicted molar refractivity (Wildman–Crippen MR) is 86.8 cm³/mol. The fraction of sp³-hybridized carbons (Fsp3) is 0.231. The zero-order valence-electron chi connectivity index (χ0n) is 11.3. The van der Waals surface area contributed by atoms with Gasteiger partial charge in [-0.15, -0.1) is 0 Å². The van der Waals surface area contributed by atoms with Crippen molar-refractivity contribution in [3.05, 3.63) is 44.2 Å². The highest BCUT2D eigenvalue weighted by molar-refractivity contribution is 9.11. The Morgan fingerprint density at radius 1 is 1.19 bits per heavy atom. The van der Waals surface area contributed by atoms with E-state index in [9.17, 15) is 13.5 Å². The molecule has 1 heterocycles. The van der Waals surface area contributed by atoms with Gasteiger partial charge >= 0.3 is 0 Å². The van der Waals surface area contributed by atoms with Gasteiger partial charge in [0.05, 0.1) is 12.3 Å². The molecule has 21 heavy (non-hydrogen) atoms. The fourth-order valence-electron chi connectivity index (χ4n) is 2.03. The second-order valence-electron chi connectivity index (χ2n) is 4.38. The van der Waals surface area contributed by atoms with Crippen molar-refractivity contribution in [1.82, 2.24) is 0 Å². The van der Waals surface area contributed by atoms with E-state index in [1.54, 1.807) is 32.0 Å². The average Bonchev–Trinajstić information content (AvgIpc) is 2.69. The molecule has 0 saturated heterocycles. The van der Waals surface area contributed by atoms with Gasteiger partial charge in [0.2, 0.25) is 0 Å². The number of aryl methyl sites for hydroxylation is 2. The van der Waals surface area contributed by atoms with Gasteiger partial charge < -0.3 is 9.52 Å². The van der Waals surface area contributed by atoms with Crippen LogP contribution in [-0.2, 0) is 16.6 Å². The maximum absolute atomic E-state index is 12.6. The molecule has 0 bridgehead atoms. The van der Waals surface area contributed by atoms with Crippen LogP contribution in [0.2, 0.25) is 0 Å². The Balaban J connectivity index is 2.54. The number of hydrogen-bond donors (Lipinski definition) is 2. The number of aliphatic hydroxyl groups is 1. The number of anilines is 1. The van der Waals surface area contributed by atoms with Crippen molar-refractivity contribution in [3.63, 3.8) is 0 Å². The summed E-state index contributed by atoms with van der Waals surface area (Å²) in [5.41, 5.74) is 0.655. The summed E-state index contributed by atoms with van der Waals surface area (Å²) in [4.78, 5) is -0.0230. The van der Waals surface area contributed by atoms with E-state index in [1.807, 2.05) is 0 Å². The lowest BCUT2D eigenvalue weighted by Crippen LogP contribution is -2.16. The SMILES string of the molecule is Cc1oc(C)c(S(=O)(=O)Nc2c(Br)cccc2Br)c1CO. The Morgan fingerprint density at radius 3 is 2.29 bits per heavy atom. The number of benzene rings is 1. The summed E-state index contributed by atoms with van der Waals surface area (Å²) < 4.78 is 34.2. The summed E-state index contributed by atoms with van der Waals surface area (Å²) in [6.45, 7) is 2.76. The molecule has 0 atom stereocenters. The van der Waals surface area contributed by atoms with Gasteiger partial charge in [-0.05, 0) is 57.8 Å². The van der Waals surface area contributed by atoms with Crippen LogP contribution in [0.1, 0.15) is 17.1 Å².